The molecule has 5 heteroatoms. The summed E-state index contributed by atoms with van der Waals surface area (Å²) >= 11 is 0. The fourth-order valence-corrected chi connectivity index (χ4v) is 1.58. The molecule has 0 unspecified atom stereocenters. The molecule has 1 rings (SSSR count). The van der Waals surface area contributed by atoms with Crippen molar-refractivity contribution >= 4 is 11.6 Å². The Balaban J connectivity index is 2.86. The summed E-state index contributed by atoms with van der Waals surface area (Å²) < 4.78 is 5.18. The Labute approximate surface area is 119 Å². The first-order valence-corrected chi connectivity index (χ1v) is 6.42. The molecule has 0 aliphatic carbocycles. The fourth-order valence-electron chi connectivity index (χ4n) is 1.58. The minimum atomic E-state index is -0.458. The predicted molar refractivity (Wildman–Crippen MR) is 78.4 cm³/mol. The number of methoxy groups -OCH3 is 1. The van der Waals surface area contributed by atoms with Gasteiger partial charge in [-0.3, -0.25) is 4.79 Å². The van der Waals surface area contributed by atoms with E-state index in [0.717, 1.165) is 12.0 Å². The number of rotatable bonds is 6. The van der Waals surface area contributed by atoms with Crippen molar-refractivity contribution in [3.8, 4) is 11.8 Å². The molecule has 106 valence electrons. The van der Waals surface area contributed by atoms with E-state index in [0.29, 0.717) is 18.0 Å². The number of benzene rings is 1. The zero-order valence-electron chi connectivity index (χ0n) is 12.0. The molecule has 5 nitrogen and oxygen atoms in total. The second kappa shape index (κ2) is 7.85. The maximum Gasteiger partial charge on any atom is 0.267 e. The summed E-state index contributed by atoms with van der Waals surface area (Å²) in [7, 11) is 1.53. The summed E-state index contributed by atoms with van der Waals surface area (Å²) in [6.07, 6.45) is 2.35. The van der Waals surface area contributed by atoms with Gasteiger partial charge in [0.15, 0.2) is 0 Å². The molecule has 0 atom stereocenters. The van der Waals surface area contributed by atoms with E-state index < -0.39 is 5.91 Å². The van der Waals surface area contributed by atoms with Gasteiger partial charge in [-0.1, -0.05) is 13.0 Å². The summed E-state index contributed by atoms with van der Waals surface area (Å²) in [6, 6.07) is 7.34. The van der Waals surface area contributed by atoms with Crippen LogP contribution < -0.4 is 15.4 Å². The van der Waals surface area contributed by atoms with Crippen LogP contribution >= 0.6 is 0 Å². The third-order valence-electron chi connectivity index (χ3n) is 2.61. The minimum Gasteiger partial charge on any atom is -0.495 e. The van der Waals surface area contributed by atoms with Crippen LogP contribution in [-0.2, 0) is 4.79 Å². The van der Waals surface area contributed by atoms with Gasteiger partial charge in [-0.25, -0.2) is 0 Å². The molecular formula is C15H19N3O2. The summed E-state index contributed by atoms with van der Waals surface area (Å²) in [6.45, 7) is 4.63. The molecular weight excluding hydrogens is 254 g/mol. The Morgan fingerprint density at radius 1 is 1.50 bits per heavy atom. The van der Waals surface area contributed by atoms with Crippen molar-refractivity contribution in [3.63, 3.8) is 0 Å². The molecule has 0 heterocycles. The topological polar surface area (TPSA) is 74.2 Å². The van der Waals surface area contributed by atoms with Gasteiger partial charge in [0.25, 0.3) is 5.91 Å². The number of nitrogens with one attached hydrogen (secondary N) is 2. The van der Waals surface area contributed by atoms with Gasteiger partial charge in [-0.05, 0) is 31.0 Å². The van der Waals surface area contributed by atoms with Crippen molar-refractivity contribution in [1.82, 2.24) is 5.32 Å². The Bertz CT molecular complexity index is 545. The third kappa shape index (κ3) is 4.32. The molecule has 0 fully saturated rings. The maximum atomic E-state index is 12.0. The van der Waals surface area contributed by atoms with Gasteiger partial charge in [0.05, 0.1) is 12.8 Å². The smallest absolute Gasteiger partial charge is 0.267 e. The van der Waals surface area contributed by atoms with Crippen molar-refractivity contribution in [2.45, 2.75) is 20.3 Å². The fraction of sp³-hybridized carbons (Fsp3) is 0.333. The third-order valence-corrected chi connectivity index (χ3v) is 2.61. The Morgan fingerprint density at radius 2 is 2.25 bits per heavy atom. The minimum absolute atomic E-state index is 0.0296. The van der Waals surface area contributed by atoms with Crippen LogP contribution in [-0.4, -0.2) is 19.6 Å². The zero-order valence-corrected chi connectivity index (χ0v) is 12.0. The molecule has 1 amide bonds. The van der Waals surface area contributed by atoms with Crippen molar-refractivity contribution in [2.24, 2.45) is 0 Å². The van der Waals surface area contributed by atoms with Gasteiger partial charge in [-0.15, -0.1) is 0 Å². The van der Waals surface area contributed by atoms with Crippen molar-refractivity contribution < 1.29 is 9.53 Å². The van der Waals surface area contributed by atoms with E-state index in [9.17, 15) is 4.79 Å². The molecule has 1 aromatic rings. The summed E-state index contributed by atoms with van der Waals surface area (Å²) in [5.41, 5.74) is 1.57. The van der Waals surface area contributed by atoms with E-state index in [1.807, 2.05) is 26.0 Å². The molecule has 0 aromatic heterocycles. The monoisotopic (exact) mass is 273 g/mol. The second-order valence-electron chi connectivity index (χ2n) is 4.28. The van der Waals surface area contributed by atoms with Crippen molar-refractivity contribution in [1.29, 1.82) is 5.26 Å². The van der Waals surface area contributed by atoms with E-state index in [1.165, 1.54) is 13.3 Å². The number of carbonyl (C=O) groups excluding carboxylic acids is 1. The summed E-state index contributed by atoms with van der Waals surface area (Å²) in [5, 5.41) is 14.6. The van der Waals surface area contributed by atoms with Gasteiger partial charge in [0, 0.05) is 12.7 Å². The standard InChI is InChI=1S/C15H19N3O2/c1-4-7-17-10-12(9-16)15(19)18-13-8-11(2)5-6-14(13)20-3/h5-6,8,10,17H,4,7H2,1-3H3,(H,18,19)/b12-10-. The van der Waals surface area contributed by atoms with Crippen LogP contribution in [0.4, 0.5) is 5.69 Å². The highest BCUT2D eigenvalue weighted by Crippen LogP contribution is 2.25. The molecule has 1 aromatic carbocycles. The van der Waals surface area contributed by atoms with Gasteiger partial charge < -0.3 is 15.4 Å². The van der Waals surface area contributed by atoms with E-state index in [2.05, 4.69) is 10.6 Å². The maximum absolute atomic E-state index is 12.0. The Kier molecular flexibility index (Phi) is 6.11. The molecule has 0 aliphatic heterocycles. The Hall–Kier alpha value is -2.48. The summed E-state index contributed by atoms with van der Waals surface area (Å²) in [4.78, 5) is 12.0. The molecule has 2 N–H and O–H groups in total. The van der Waals surface area contributed by atoms with Gasteiger partial charge in [0.1, 0.15) is 17.4 Å². The van der Waals surface area contributed by atoms with Crippen LogP contribution in [0.2, 0.25) is 0 Å². The van der Waals surface area contributed by atoms with Crippen LogP contribution in [0, 0.1) is 18.3 Å². The van der Waals surface area contributed by atoms with Crippen LogP contribution in [0.25, 0.3) is 0 Å². The van der Waals surface area contributed by atoms with Crippen LogP contribution in [0.1, 0.15) is 18.9 Å². The lowest BCUT2D eigenvalue weighted by Gasteiger charge is -2.10. The molecule has 0 saturated heterocycles. The van der Waals surface area contributed by atoms with Gasteiger partial charge >= 0.3 is 0 Å². The van der Waals surface area contributed by atoms with Crippen LogP contribution in [0.3, 0.4) is 0 Å². The lowest BCUT2D eigenvalue weighted by atomic mass is 10.2. The van der Waals surface area contributed by atoms with Crippen LogP contribution in [0.15, 0.2) is 30.0 Å². The zero-order chi connectivity index (χ0) is 15.0. The first-order valence-electron chi connectivity index (χ1n) is 6.42. The number of aryl methyl sites for hydroxylation is 1. The van der Waals surface area contributed by atoms with E-state index in [-0.39, 0.29) is 5.57 Å². The number of hydrogen-bond acceptors (Lipinski definition) is 4. The second-order valence-corrected chi connectivity index (χ2v) is 4.28. The molecule has 20 heavy (non-hydrogen) atoms. The molecule has 0 aliphatic rings. The first kappa shape index (κ1) is 15.6. The van der Waals surface area contributed by atoms with Crippen molar-refractivity contribution in [2.75, 3.05) is 19.0 Å². The molecule has 0 saturated carbocycles. The Morgan fingerprint density at radius 3 is 2.85 bits per heavy atom. The number of nitrogens with zero attached hydrogens (tertiary/aromatic N) is 1. The van der Waals surface area contributed by atoms with E-state index in [4.69, 9.17) is 10.00 Å². The van der Waals surface area contributed by atoms with Gasteiger partial charge in [0.2, 0.25) is 0 Å². The number of carbonyl (C=O) groups is 1. The molecule has 0 bridgehead atoms. The van der Waals surface area contributed by atoms with Crippen LogP contribution in [0.5, 0.6) is 5.75 Å². The first-order chi connectivity index (χ1) is 9.62. The highest BCUT2D eigenvalue weighted by molar-refractivity contribution is 6.07. The number of ether oxygens (including phenoxy) is 1. The van der Waals surface area contributed by atoms with E-state index >= 15 is 0 Å². The number of amides is 1. The quantitative estimate of drug-likeness (QED) is 0.474. The predicted octanol–water partition coefficient (Wildman–Crippen LogP) is 2.35. The largest absolute Gasteiger partial charge is 0.495 e. The normalized spacial score (nSPS) is 10.6. The average Bonchev–Trinajstić information content (AvgIpc) is 2.44. The lowest BCUT2D eigenvalue weighted by Crippen LogP contribution is -2.17. The molecule has 0 radical (unpaired) electrons. The lowest BCUT2D eigenvalue weighted by molar-refractivity contribution is -0.112. The van der Waals surface area contributed by atoms with E-state index in [1.54, 1.807) is 12.1 Å². The molecule has 0 spiro atoms. The highest BCUT2D eigenvalue weighted by atomic mass is 16.5. The number of anilines is 1. The number of hydrogen-bond donors (Lipinski definition) is 2. The van der Waals surface area contributed by atoms with Gasteiger partial charge in [-0.2, -0.15) is 5.26 Å². The average molecular weight is 273 g/mol. The SMILES string of the molecule is CCCN/C=C(/C#N)C(=O)Nc1cc(C)ccc1OC. The van der Waals surface area contributed by atoms with Crippen molar-refractivity contribution in [3.05, 3.63) is 35.5 Å². The summed E-state index contributed by atoms with van der Waals surface area (Å²) in [5.74, 6) is 0.0998. The highest BCUT2D eigenvalue weighted by Gasteiger charge is 2.12. The number of nitriles is 1.